The molecule has 0 aromatic carbocycles. The average molecular weight is 668 g/mol. The number of hydrogen-bond donors (Lipinski definition) is 3. The summed E-state index contributed by atoms with van der Waals surface area (Å²) in [5, 5.41) is 5.21. The predicted molar refractivity (Wildman–Crippen MR) is 171 cm³/mol. The lowest BCUT2D eigenvalue weighted by molar-refractivity contribution is -0.133. The zero-order chi connectivity index (χ0) is 35.9. The standard InChI is InChI=1S/C33H53N3O11/c1-21(37)6-8-26(23(3)39)18-28(42)10-12-30(31(43)19-27(24(4)40)9-7-22(2)38)36-33(45)20-47-17-16-46-15-14-35-32(44)13-11-29(34)25(5)41/h26-27,29-30H,6-20,34H2,1-5H3,(H,35,44)(H,36,45). The summed E-state index contributed by atoms with van der Waals surface area (Å²) >= 11 is 0. The molecule has 47 heavy (non-hydrogen) atoms. The molecule has 2 amide bonds. The smallest absolute Gasteiger partial charge is 0.246 e. The lowest BCUT2D eigenvalue weighted by atomic mass is 9.88. The molecule has 0 bridgehead atoms. The van der Waals surface area contributed by atoms with Crippen molar-refractivity contribution < 1.29 is 52.6 Å². The van der Waals surface area contributed by atoms with Crippen LogP contribution in [0.15, 0.2) is 0 Å². The maximum absolute atomic E-state index is 13.2. The van der Waals surface area contributed by atoms with Crippen molar-refractivity contribution in [1.82, 2.24) is 10.6 Å². The van der Waals surface area contributed by atoms with Crippen LogP contribution in [-0.2, 0) is 52.6 Å². The number of carbonyl (C=O) groups is 9. The molecule has 0 aliphatic carbocycles. The summed E-state index contributed by atoms with van der Waals surface area (Å²) in [5.41, 5.74) is 5.60. The van der Waals surface area contributed by atoms with Crippen molar-refractivity contribution in [3.63, 3.8) is 0 Å². The fraction of sp³-hybridized carbons (Fsp3) is 0.727. The van der Waals surface area contributed by atoms with Gasteiger partial charge in [-0.25, -0.2) is 0 Å². The number of hydrogen-bond acceptors (Lipinski definition) is 12. The highest BCUT2D eigenvalue weighted by Crippen LogP contribution is 2.19. The third kappa shape index (κ3) is 22.6. The van der Waals surface area contributed by atoms with E-state index in [2.05, 4.69) is 10.6 Å². The van der Waals surface area contributed by atoms with Crippen molar-refractivity contribution in [2.45, 2.75) is 111 Å². The van der Waals surface area contributed by atoms with Crippen LogP contribution in [0.5, 0.6) is 0 Å². The van der Waals surface area contributed by atoms with E-state index in [1.54, 1.807) is 0 Å². The first-order chi connectivity index (χ1) is 22.0. The first kappa shape index (κ1) is 43.5. The van der Waals surface area contributed by atoms with Gasteiger partial charge < -0.3 is 35.4 Å². The van der Waals surface area contributed by atoms with Gasteiger partial charge in [-0.2, -0.15) is 0 Å². The van der Waals surface area contributed by atoms with Gasteiger partial charge in [0, 0.05) is 56.9 Å². The number of ether oxygens (including phenoxy) is 2. The monoisotopic (exact) mass is 667 g/mol. The van der Waals surface area contributed by atoms with Crippen LogP contribution in [0.4, 0.5) is 0 Å². The first-order valence-corrected chi connectivity index (χ1v) is 16.0. The maximum Gasteiger partial charge on any atom is 0.246 e. The SMILES string of the molecule is CC(=O)CCC(CC(=O)CCC(NC(=O)COCCOCCNC(=O)CCC(N)C(C)=O)C(=O)CC(CCC(C)=O)C(C)=O)C(C)=O. The Morgan fingerprint density at radius 1 is 0.596 bits per heavy atom. The first-order valence-electron chi connectivity index (χ1n) is 16.0. The summed E-state index contributed by atoms with van der Waals surface area (Å²) in [5.74, 6) is -3.88. The molecule has 0 radical (unpaired) electrons. The number of carbonyl (C=O) groups excluding carboxylic acids is 9. The third-order valence-corrected chi connectivity index (χ3v) is 7.58. The van der Waals surface area contributed by atoms with E-state index in [4.69, 9.17) is 15.2 Å². The van der Waals surface area contributed by atoms with Crippen molar-refractivity contribution in [3.8, 4) is 0 Å². The number of nitrogens with one attached hydrogen (secondary N) is 2. The topological polar surface area (TPSA) is 222 Å². The Balaban J connectivity index is 4.95. The summed E-state index contributed by atoms with van der Waals surface area (Å²) < 4.78 is 10.7. The van der Waals surface area contributed by atoms with Gasteiger partial charge in [0.2, 0.25) is 11.8 Å². The summed E-state index contributed by atoms with van der Waals surface area (Å²) in [6.45, 7) is 7.00. The number of rotatable bonds is 29. The van der Waals surface area contributed by atoms with E-state index in [0.717, 1.165) is 0 Å². The molecule has 0 rings (SSSR count). The second kappa shape index (κ2) is 24.7. The van der Waals surface area contributed by atoms with E-state index in [9.17, 15) is 43.2 Å². The Bertz CT molecular complexity index is 1110. The predicted octanol–water partition coefficient (Wildman–Crippen LogP) is 1.16. The molecule has 4 atom stereocenters. The molecule has 0 saturated carbocycles. The Morgan fingerprint density at radius 2 is 1.15 bits per heavy atom. The van der Waals surface area contributed by atoms with Gasteiger partial charge in [-0.05, 0) is 60.3 Å². The number of amides is 2. The average Bonchev–Trinajstić information content (AvgIpc) is 2.98. The van der Waals surface area contributed by atoms with Crippen LogP contribution in [0.1, 0.15) is 98.8 Å². The maximum atomic E-state index is 13.2. The van der Waals surface area contributed by atoms with Gasteiger partial charge in [0.1, 0.15) is 41.3 Å². The quantitative estimate of drug-likeness (QED) is 0.0957. The van der Waals surface area contributed by atoms with E-state index in [0.29, 0.717) is 0 Å². The van der Waals surface area contributed by atoms with Gasteiger partial charge in [0.15, 0.2) is 5.78 Å². The van der Waals surface area contributed by atoms with Crippen molar-refractivity contribution in [3.05, 3.63) is 0 Å². The second-order valence-corrected chi connectivity index (χ2v) is 11.9. The zero-order valence-corrected chi connectivity index (χ0v) is 28.5. The van der Waals surface area contributed by atoms with Crippen LogP contribution in [-0.4, -0.2) is 97.4 Å². The second-order valence-electron chi connectivity index (χ2n) is 11.9. The molecular formula is C33H53N3O11. The molecule has 0 aromatic rings. The molecule has 14 heteroatoms. The summed E-state index contributed by atoms with van der Waals surface area (Å²) in [6, 6.07) is -1.78. The highest BCUT2D eigenvalue weighted by molar-refractivity contribution is 5.93. The Kier molecular flexibility index (Phi) is 22.8. The molecule has 14 nitrogen and oxygen atoms in total. The minimum Gasteiger partial charge on any atom is -0.377 e. The molecule has 4 N–H and O–H groups in total. The highest BCUT2D eigenvalue weighted by atomic mass is 16.5. The Morgan fingerprint density at radius 3 is 1.68 bits per heavy atom. The van der Waals surface area contributed by atoms with E-state index in [1.807, 2.05) is 0 Å². The molecule has 0 aromatic heterocycles. The largest absolute Gasteiger partial charge is 0.377 e. The van der Waals surface area contributed by atoms with Crippen molar-refractivity contribution in [2.24, 2.45) is 17.6 Å². The van der Waals surface area contributed by atoms with E-state index >= 15 is 0 Å². The van der Waals surface area contributed by atoms with Crippen molar-refractivity contribution >= 4 is 52.3 Å². The van der Waals surface area contributed by atoms with E-state index in [1.165, 1.54) is 34.6 Å². The van der Waals surface area contributed by atoms with Gasteiger partial charge in [-0.15, -0.1) is 0 Å². The number of nitrogens with two attached hydrogens (primary N) is 1. The molecule has 0 saturated heterocycles. The molecule has 0 spiro atoms. The molecular weight excluding hydrogens is 614 g/mol. The molecule has 0 fully saturated rings. The fourth-order valence-corrected chi connectivity index (χ4v) is 4.50. The third-order valence-electron chi connectivity index (χ3n) is 7.58. The van der Waals surface area contributed by atoms with Gasteiger partial charge in [-0.1, -0.05) is 0 Å². The molecule has 0 heterocycles. The Hall–Kier alpha value is -3.49. The lowest BCUT2D eigenvalue weighted by Gasteiger charge is -2.21. The summed E-state index contributed by atoms with van der Waals surface area (Å²) in [7, 11) is 0. The number of ketones is 7. The minimum atomic E-state index is -1.10. The molecule has 266 valence electrons. The lowest BCUT2D eigenvalue weighted by Crippen LogP contribution is -2.44. The number of Topliss-reactive ketones (excluding diaryl/α,β-unsaturated/α-hetero) is 7. The molecule has 4 unspecified atom stereocenters. The van der Waals surface area contributed by atoms with Gasteiger partial charge >= 0.3 is 0 Å². The minimum absolute atomic E-state index is 0.0378. The van der Waals surface area contributed by atoms with Crippen LogP contribution in [0.2, 0.25) is 0 Å². The van der Waals surface area contributed by atoms with Crippen LogP contribution < -0.4 is 16.4 Å². The highest BCUT2D eigenvalue weighted by Gasteiger charge is 2.27. The summed E-state index contributed by atoms with van der Waals surface area (Å²) in [4.78, 5) is 108. The Labute approximate surface area is 277 Å². The van der Waals surface area contributed by atoms with E-state index in [-0.39, 0.29) is 131 Å². The normalized spacial score (nSPS) is 13.5. The van der Waals surface area contributed by atoms with Crippen LogP contribution >= 0.6 is 0 Å². The van der Waals surface area contributed by atoms with Crippen LogP contribution in [0, 0.1) is 11.8 Å². The van der Waals surface area contributed by atoms with Gasteiger partial charge in [0.05, 0.1) is 31.9 Å². The van der Waals surface area contributed by atoms with Crippen LogP contribution in [0.3, 0.4) is 0 Å². The van der Waals surface area contributed by atoms with Crippen molar-refractivity contribution in [1.29, 1.82) is 0 Å². The zero-order valence-electron chi connectivity index (χ0n) is 28.5. The fourth-order valence-electron chi connectivity index (χ4n) is 4.50. The molecule has 0 aliphatic heterocycles. The van der Waals surface area contributed by atoms with Gasteiger partial charge in [-0.3, -0.25) is 33.6 Å². The molecule has 0 aliphatic rings. The summed E-state index contributed by atoms with van der Waals surface area (Å²) in [6.07, 6.45) is 0.607. The van der Waals surface area contributed by atoms with Crippen LogP contribution in [0.25, 0.3) is 0 Å². The van der Waals surface area contributed by atoms with Crippen molar-refractivity contribution in [2.75, 3.05) is 33.0 Å². The van der Waals surface area contributed by atoms with Gasteiger partial charge in [0.25, 0.3) is 0 Å². The van der Waals surface area contributed by atoms with E-state index < -0.39 is 42.2 Å².